The molecule has 2 aliphatic heterocycles. The molecule has 1 aromatic heterocycles. The van der Waals surface area contributed by atoms with Crippen molar-refractivity contribution >= 4 is 11.6 Å². The van der Waals surface area contributed by atoms with Crippen LogP contribution in [0.3, 0.4) is 0 Å². The summed E-state index contributed by atoms with van der Waals surface area (Å²) in [7, 11) is 4.06. The lowest BCUT2D eigenvalue weighted by atomic mass is 9.88. The zero-order valence-electron chi connectivity index (χ0n) is 15.8. The van der Waals surface area contributed by atoms with Crippen molar-refractivity contribution in [2.24, 2.45) is 13.0 Å². The SMILES string of the molecule is Cc1c([C@H]2CNC[C@@H]2C(=O)N2CCN(C)c3ccccc3C2)cnn1C. The minimum atomic E-state index is -0.0199. The lowest BCUT2D eigenvalue weighted by Crippen LogP contribution is -2.40. The molecule has 6 nitrogen and oxygen atoms in total. The topological polar surface area (TPSA) is 53.4 Å². The van der Waals surface area contributed by atoms with Crippen LogP contribution in [0, 0.1) is 12.8 Å². The molecule has 2 aliphatic rings. The van der Waals surface area contributed by atoms with Crippen molar-refractivity contribution in [1.82, 2.24) is 20.0 Å². The first-order valence-electron chi connectivity index (χ1n) is 9.33. The van der Waals surface area contributed by atoms with Crippen LogP contribution in [-0.4, -0.2) is 53.8 Å². The van der Waals surface area contributed by atoms with Crippen molar-refractivity contribution in [3.05, 3.63) is 47.3 Å². The molecule has 0 spiro atoms. The summed E-state index contributed by atoms with van der Waals surface area (Å²) in [4.78, 5) is 17.7. The first kappa shape index (κ1) is 17.1. The lowest BCUT2D eigenvalue weighted by Gasteiger charge is -2.27. The van der Waals surface area contributed by atoms with Gasteiger partial charge in [-0.15, -0.1) is 0 Å². The molecule has 1 N–H and O–H groups in total. The minimum Gasteiger partial charge on any atom is -0.373 e. The van der Waals surface area contributed by atoms with Crippen LogP contribution in [0.15, 0.2) is 30.5 Å². The van der Waals surface area contributed by atoms with Gasteiger partial charge in [0.05, 0.1) is 12.1 Å². The molecule has 1 amide bonds. The summed E-state index contributed by atoms with van der Waals surface area (Å²) < 4.78 is 1.90. The van der Waals surface area contributed by atoms with E-state index in [1.54, 1.807) is 0 Å². The number of benzene rings is 1. The predicted molar refractivity (Wildman–Crippen MR) is 102 cm³/mol. The Morgan fingerprint density at radius 2 is 2.00 bits per heavy atom. The molecule has 0 bridgehead atoms. The number of hydrogen-bond donors (Lipinski definition) is 1. The molecular weight excluding hydrogens is 326 g/mol. The molecule has 0 unspecified atom stereocenters. The van der Waals surface area contributed by atoms with E-state index in [2.05, 4.69) is 53.6 Å². The monoisotopic (exact) mass is 353 g/mol. The number of rotatable bonds is 2. The lowest BCUT2D eigenvalue weighted by molar-refractivity contribution is -0.135. The van der Waals surface area contributed by atoms with Crippen molar-refractivity contribution in [2.75, 3.05) is 38.1 Å². The van der Waals surface area contributed by atoms with E-state index in [1.165, 1.54) is 16.8 Å². The van der Waals surface area contributed by atoms with E-state index in [9.17, 15) is 4.79 Å². The summed E-state index contributed by atoms with van der Waals surface area (Å²) in [6, 6.07) is 8.39. The summed E-state index contributed by atoms with van der Waals surface area (Å²) >= 11 is 0. The number of hydrogen-bond acceptors (Lipinski definition) is 4. The van der Waals surface area contributed by atoms with E-state index < -0.39 is 0 Å². The Labute approximate surface area is 154 Å². The second-order valence-electron chi connectivity index (χ2n) is 7.49. The van der Waals surface area contributed by atoms with Crippen LogP contribution >= 0.6 is 0 Å². The van der Waals surface area contributed by atoms with Gasteiger partial charge in [-0.1, -0.05) is 18.2 Å². The molecule has 2 aromatic rings. The fraction of sp³-hybridized carbons (Fsp3) is 0.500. The quantitative estimate of drug-likeness (QED) is 0.889. The molecule has 26 heavy (non-hydrogen) atoms. The molecule has 0 saturated carbocycles. The van der Waals surface area contributed by atoms with Crippen LogP contribution in [0.1, 0.15) is 22.7 Å². The average molecular weight is 353 g/mol. The number of carbonyl (C=O) groups excluding carboxylic acids is 1. The molecule has 4 rings (SSSR count). The summed E-state index contributed by atoms with van der Waals surface area (Å²) in [6.45, 7) is 5.98. The molecule has 1 saturated heterocycles. The molecular formula is C20H27N5O. The van der Waals surface area contributed by atoms with Gasteiger partial charge in [-0.25, -0.2) is 0 Å². The minimum absolute atomic E-state index is 0.0199. The molecule has 0 aliphatic carbocycles. The third kappa shape index (κ3) is 2.88. The van der Waals surface area contributed by atoms with E-state index in [4.69, 9.17) is 0 Å². The number of likely N-dealkylation sites (N-methyl/N-ethyl adjacent to an activating group) is 1. The normalized spacial score (nSPS) is 23.0. The van der Waals surface area contributed by atoms with Gasteiger partial charge < -0.3 is 15.1 Å². The Morgan fingerprint density at radius 3 is 2.77 bits per heavy atom. The van der Waals surface area contributed by atoms with Crippen LogP contribution in [0.4, 0.5) is 5.69 Å². The second-order valence-corrected chi connectivity index (χ2v) is 7.49. The number of amides is 1. The van der Waals surface area contributed by atoms with Gasteiger partial charge in [0.15, 0.2) is 0 Å². The average Bonchev–Trinajstić information content (AvgIpc) is 3.20. The zero-order chi connectivity index (χ0) is 18.3. The number of carbonyl (C=O) groups is 1. The van der Waals surface area contributed by atoms with Crippen LogP contribution in [0.2, 0.25) is 0 Å². The molecule has 0 radical (unpaired) electrons. The highest BCUT2D eigenvalue weighted by molar-refractivity contribution is 5.81. The van der Waals surface area contributed by atoms with Crippen LogP contribution < -0.4 is 10.2 Å². The van der Waals surface area contributed by atoms with Gasteiger partial charge in [0, 0.05) is 64.1 Å². The van der Waals surface area contributed by atoms with Gasteiger partial charge in [0.25, 0.3) is 0 Å². The first-order valence-corrected chi connectivity index (χ1v) is 9.33. The Bertz CT molecular complexity index is 814. The van der Waals surface area contributed by atoms with Gasteiger partial charge in [-0.2, -0.15) is 5.10 Å². The second kappa shape index (κ2) is 6.76. The Kier molecular flexibility index (Phi) is 4.44. The Balaban J connectivity index is 1.58. The maximum Gasteiger partial charge on any atom is 0.228 e. The van der Waals surface area contributed by atoms with Gasteiger partial charge >= 0.3 is 0 Å². The number of aryl methyl sites for hydroxylation is 1. The largest absolute Gasteiger partial charge is 0.373 e. The number of aromatic nitrogens is 2. The van der Waals surface area contributed by atoms with E-state index in [0.29, 0.717) is 6.54 Å². The van der Waals surface area contributed by atoms with E-state index >= 15 is 0 Å². The smallest absolute Gasteiger partial charge is 0.228 e. The molecule has 6 heteroatoms. The molecule has 3 heterocycles. The van der Waals surface area contributed by atoms with Gasteiger partial charge in [-0.05, 0) is 24.1 Å². The zero-order valence-corrected chi connectivity index (χ0v) is 15.8. The standard InChI is InChI=1S/C20H27N5O/c1-14-16(12-22-24(14)3)17-10-21-11-18(17)20(26)25-9-8-23(2)19-7-5-4-6-15(19)13-25/h4-7,12,17-18,21H,8-11,13H2,1-3H3/t17-,18+/m1/s1. The van der Waals surface area contributed by atoms with E-state index in [-0.39, 0.29) is 17.7 Å². The summed E-state index contributed by atoms with van der Waals surface area (Å²) in [5, 5.41) is 7.81. The van der Waals surface area contributed by atoms with Crippen molar-refractivity contribution in [3.63, 3.8) is 0 Å². The number of nitrogens with zero attached hydrogens (tertiary/aromatic N) is 4. The molecule has 2 atom stereocenters. The highest BCUT2D eigenvalue weighted by atomic mass is 16.2. The van der Waals surface area contributed by atoms with Gasteiger partial charge in [0.2, 0.25) is 5.91 Å². The number of para-hydroxylation sites is 1. The van der Waals surface area contributed by atoms with Gasteiger partial charge in [0.1, 0.15) is 0 Å². The van der Waals surface area contributed by atoms with E-state index in [1.807, 2.05) is 22.8 Å². The maximum atomic E-state index is 13.4. The highest BCUT2D eigenvalue weighted by Crippen LogP contribution is 2.33. The summed E-state index contributed by atoms with van der Waals surface area (Å²) in [5.74, 6) is 0.439. The predicted octanol–water partition coefficient (Wildman–Crippen LogP) is 1.51. The summed E-state index contributed by atoms with van der Waals surface area (Å²) in [6.07, 6.45) is 1.93. The van der Waals surface area contributed by atoms with E-state index in [0.717, 1.165) is 31.9 Å². The molecule has 1 aromatic carbocycles. The van der Waals surface area contributed by atoms with Crippen molar-refractivity contribution in [1.29, 1.82) is 0 Å². The van der Waals surface area contributed by atoms with Crippen molar-refractivity contribution in [2.45, 2.75) is 19.4 Å². The number of fused-ring (bicyclic) bond motifs is 1. The van der Waals surface area contributed by atoms with Crippen molar-refractivity contribution < 1.29 is 4.79 Å². The number of nitrogens with one attached hydrogen (secondary N) is 1. The Morgan fingerprint density at radius 1 is 1.19 bits per heavy atom. The third-order valence-electron chi connectivity index (χ3n) is 5.99. The molecule has 138 valence electrons. The fourth-order valence-corrected chi connectivity index (χ4v) is 4.26. The highest BCUT2D eigenvalue weighted by Gasteiger charge is 2.38. The van der Waals surface area contributed by atoms with Crippen molar-refractivity contribution in [3.8, 4) is 0 Å². The Hall–Kier alpha value is -2.34. The maximum absolute atomic E-state index is 13.4. The van der Waals surface area contributed by atoms with Gasteiger partial charge in [-0.3, -0.25) is 9.48 Å². The van der Waals surface area contributed by atoms with Crippen LogP contribution in [0.5, 0.6) is 0 Å². The fourth-order valence-electron chi connectivity index (χ4n) is 4.26. The first-order chi connectivity index (χ1) is 12.6. The van der Waals surface area contributed by atoms with Crippen LogP contribution in [-0.2, 0) is 18.4 Å². The number of anilines is 1. The van der Waals surface area contributed by atoms with Crippen LogP contribution in [0.25, 0.3) is 0 Å². The molecule has 1 fully saturated rings. The third-order valence-corrected chi connectivity index (χ3v) is 5.99. The summed E-state index contributed by atoms with van der Waals surface area (Å²) in [5.41, 5.74) is 4.80.